The van der Waals surface area contributed by atoms with Crippen LogP contribution in [0.4, 0.5) is 19.0 Å². The molecule has 1 aliphatic heterocycles. The molecule has 0 unspecified atom stereocenters. The fraction of sp³-hybridized carbons (Fsp3) is 0.318. The molecule has 31 heavy (non-hydrogen) atoms. The zero-order valence-electron chi connectivity index (χ0n) is 17.0. The fourth-order valence-corrected chi connectivity index (χ4v) is 3.90. The maximum Gasteiger partial charge on any atom is 0.416 e. The van der Waals surface area contributed by atoms with Crippen LogP contribution < -0.4 is 14.8 Å². The number of hydrogen-bond donors (Lipinski definition) is 1. The number of ether oxygens (including phenoxy) is 2. The average Bonchev–Trinajstić information content (AvgIpc) is 2.93. The van der Waals surface area contributed by atoms with Crippen LogP contribution >= 0.6 is 11.6 Å². The Morgan fingerprint density at radius 1 is 1.03 bits per heavy atom. The van der Waals surface area contributed by atoms with Crippen LogP contribution in [0.25, 0.3) is 16.9 Å². The van der Waals surface area contributed by atoms with Crippen LogP contribution in [0.2, 0.25) is 5.02 Å². The van der Waals surface area contributed by atoms with E-state index in [0.29, 0.717) is 29.6 Å². The van der Waals surface area contributed by atoms with E-state index in [9.17, 15) is 13.2 Å². The van der Waals surface area contributed by atoms with E-state index < -0.39 is 11.7 Å². The van der Waals surface area contributed by atoms with Crippen LogP contribution in [0, 0.1) is 0 Å². The van der Waals surface area contributed by atoms with Crippen molar-refractivity contribution in [3.63, 3.8) is 0 Å². The van der Waals surface area contributed by atoms with Crippen LogP contribution in [0.1, 0.15) is 24.0 Å². The predicted octanol–water partition coefficient (Wildman–Crippen LogP) is 5.98. The van der Waals surface area contributed by atoms with Crippen molar-refractivity contribution in [1.82, 2.24) is 9.78 Å². The molecule has 0 fully saturated rings. The Kier molecular flexibility index (Phi) is 5.75. The third-order valence-corrected chi connectivity index (χ3v) is 5.58. The summed E-state index contributed by atoms with van der Waals surface area (Å²) in [5.41, 5.74) is 1.70. The Hall–Kier alpha value is -2.87. The van der Waals surface area contributed by atoms with Gasteiger partial charge >= 0.3 is 6.18 Å². The third kappa shape index (κ3) is 4.17. The summed E-state index contributed by atoms with van der Waals surface area (Å²) in [4.78, 5) is 0. The second-order valence-electron chi connectivity index (χ2n) is 7.24. The standard InChI is InChI=1S/C22H21ClF3N3O2/c1-30-15-9-13(10-16(12-15)31-2)20-17-5-3-4-8-27-21(17)29(28-20)19-11-14(22(24,25)26)6-7-18(19)23/h6-7,9-12,27H,3-5,8H2,1-2H3. The van der Waals surface area contributed by atoms with Crippen molar-refractivity contribution in [3.05, 3.63) is 52.5 Å². The van der Waals surface area contributed by atoms with E-state index in [-0.39, 0.29) is 10.7 Å². The molecule has 1 N–H and O–H groups in total. The van der Waals surface area contributed by atoms with Gasteiger partial charge < -0.3 is 14.8 Å². The van der Waals surface area contributed by atoms with Gasteiger partial charge in [0.05, 0.1) is 36.2 Å². The highest BCUT2D eigenvalue weighted by atomic mass is 35.5. The van der Waals surface area contributed by atoms with Gasteiger partial charge in [0.15, 0.2) is 0 Å². The van der Waals surface area contributed by atoms with Gasteiger partial charge in [0.2, 0.25) is 0 Å². The highest BCUT2D eigenvalue weighted by Crippen LogP contribution is 2.39. The topological polar surface area (TPSA) is 48.3 Å². The van der Waals surface area contributed by atoms with Crippen molar-refractivity contribution < 1.29 is 22.6 Å². The summed E-state index contributed by atoms with van der Waals surface area (Å²) in [6.45, 7) is 0.691. The Balaban J connectivity index is 1.94. The van der Waals surface area contributed by atoms with Gasteiger partial charge in [-0.25, -0.2) is 4.68 Å². The maximum absolute atomic E-state index is 13.3. The molecule has 5 nitrogen and oxygen atoms in total. The van der Waals surface area contributed by atoms with Crippen LogP contribution in [0.5, 0.6) is 11.5 Å². The largest absolute Gasteiger partial charge is 0.497 e. The first-order valence-electron chi connectivity index (χ1n) is 9.78. The van der Waals surface area contributed by atoms with Crippen LogP contribution in [0.3, 0.4) is 0 Å². The minimum Gasteiger partial charge on any atom is -0.497 e. The summed E-state index contributed by atoms with van der Waals surface area (Å²) in [5.74, 6) is 1.84. The van der Waals surface area contributed by atoms with Gasteiger partial charge in [-0.1, -0.05) is 11.6 Å². The maximum atomic E-state index is 13.3. The van der Waals surface area contributed by atoms with Gasteiger partial charge in [-0.15, -0.1) is 0 Å². The number of rotatable bonds is 4. The van der Waals surface area contributed by atoms with Gasteiger partial charge in [0, 0.05) is 23.7 Å². The number of anilines is 1. The highest BCUT2D eigenvalue weighted by Gasteiger charge is 2.32. The smallest absolute Gasteiger partial charge is 0.416 e. The molecule has 0 aliphatic carbocycles. The number of nitrogens with one attached hydrogen (secondary N) is 1. The van der Waals surface area contributed by atoms with Crippen LogP contribution in [-0.4, -0.2) is 30.5 Å². The third-order valence-electron chi connectivity index (χ3n) is 5.26. The molecular weight excluding hydrogens is 431 g/mol. The van der Waals surface area contributed by atoms with Crippen molar-refractivity contribution >= 4 is 17.4 Å². The van der Waals surface area contributed by atoms with Gasteiger partial charge in [-0.05, 0) is 49.6 Å². The second-order valence-corrected chi connectivity index (χ2v) is 7.64. The van der Waals surface area contributed by atoms with Crippen molar-refractivity contribution in [3.8, 4) is 28.4 Å². The van der Waals surface area contributed by atoms with Crippen molar-refractivity contribution in [2.24, 2.45) is 0 Å². The number of alkyl halides is 3. The molecule has 0 saturated carbocycles. The monoisotopic (exact) mass is 451 g/mol. The normalized spacial score (nSPS) is 13.9. The fourth-order valence-electron chi connectivity index (χ4n) is 3.70. The van der Waals surface area contributed by atoms with Crippen LogP contribution in [0.15, 0.2) is 36.4 Å². The summed E-state index contributed by atoms with van der Waals surface area (Å²) in [6, 6.07) is 8.65. The number of halogens is 4. The minimum atomic E-state index is -4.49. The Morgan fingerprint density at radius 2 is 1.74 bits per heavy atom. The van der Waals surface area contributed by atoms with Crippen molar-refractivity contribution in [2.75, 3.05) is 26.1 Å². The van der Waals surface area contributed by atoms with Crippen molar-refractivity contribution in [1.29, 1.82) is 0 Å². The van der Waals surface area contributed by atoms with Gasteiger partial charge in [0.1, 0.15) is 17.3 Å². The van der Waals surface area contributed by atoms with E-state index >= 15 is 0 Å². The number of hydrogen-bond acceptors (Lipinski definition) is 4. The summed E-state index contributed by atoms with van der Waals surface area (Å²) in [6.07, 6.45) is -1.89. The lowest BCUT2D eigenvalue weighted by atomic mass is 10.0. The van der Waals surface area contributed by atoms with Gasteiger partial charge in [-0.3, -0.25) is 0 Å². The first kappa shape index (κ1) is 21.4. The molecule has 0 saturated heterocycles. The highest BCUT2D eigenvalue weighted by molar-refractivity contribution is 6.32. The molecule has 0 atom stereocenters. The number of methoxy groups -OCH3 is 2. The molecule has 0 spiro atoms. The number of aromatic nitrogens is 2. The van der Waals surface area contributed by atoms with E-state index in [0.717, 1.165) is 42.5 Å². The van der Waals surface area contributed by atoms with E-state index in [1.807, 2.05) is 12.1 Å². The molecule has 0 radical (unpaired) electrons. The Bertz CT molecular complexity index is 1090. The zero-order chi connectivity index (χ0) is 22.2. The molecule has 0 bridgehead atoms. The molecule has 2 heterocycles. The minimum absolute atomic E-state index is 0.170. The molecule has 164 valence electrons. The zero-order valence-corrected chi connectivity index (χ0v) is 17.8. The van der Waals surface area contributed by atoms with E-state index in [1.165, 1.54) is 10.7 Å². The Morgan fingerprint density at radius 3 is 2.39 bits per heavy atom. The van der Waals surface area contributed by atoms with Crippen molar-refractivity contribution in [2.45, 2.75) is 25.4 Å². The number of benzene rings is 2. The lowest BCUT2D eigenvalue weighted by Gasteiger charge is -2.13. The molecule has 1 aliphatic rings. The number of fused-ring (bicyclic) bond motifs is 1. The lowest BCUT2D eigenvalue weighted by molar-refractivity contribution is -0.137. The SMILES string of the molecule is COc1cc(OC)cc(-c2nn(-c3cc(C(F)(F)F)ccc3Cl)c3c2CCCCN3)c1. The summed E-state index contributed by atoms with van der Waals surface area (Å²) in [7, 11) is 3.11. The predicted molar refractivity (Wildman–Crippen MR) is 114 cm³/mol. The molecule has 9 heteroatoms. The van der Waals surface area contributed by atoms with E-state index in [2.05, 4.69) is 5.32 Å². The summed E-state index contributed by atoms with van der Waals surface area (Å²) in [5, 5.41) is 8.20. The molecular formula is C22H21ClF3N3O2. The first-order chi connectivity index (χ1) is 14.8. The molecule has 1 aromatic heterocycles. The molecule has 4 rings (SSSR count). The van der Waals surface area contributed by atoms with Gasteiger partial charge in [0.25, 0.3) is 0 Å². The molecule has 2 aromatic carbocycles. The Labute approximate surface area is 182 Å². The molecule has 3 aromatic rings. The second kappa shape index (κ2) is 8.34. The van der Waals surface area contributed by atoms with E-state index in [4.69, 9.17) is 26.2 Å². The summed E-state index contributed by atoms with van der Waals surface area (Å²) >= 11 is 6.32. The average molecular weight is 452 g/mol. The quantitative estimate of drug-likeness (QED) is 0.530. The first-order valence-corrected chi connectivity index (χ1v) is 10.2. The number of nitrogens with zero attached hydrogens (tertiary/aromatic N) is 2. The summed E-state index contributed by atoms with van der Waals surface area (Å²) < 4.78 is 52.2. The van der Waals surface area contributed by atoms with Crippen LogP contribution in [-0.2, 0) is 12.6 Å². The molecule has 0 amide bonds. The lowest BCUT2D eigenvalue weighted by Crippen LogP contribution is -2.10. The van der Waals surface area contributed by atoms with E-state index in [1.54, 1.807) is 20.3 Å². The van der Waals surface area contributed by atoms with Gasteiger partial charge in [-0.2, -0.15) is 18.3 Å².